The van der Waals surface area contributed by atoms with E-state index >= 15 is 0 Å². The van der Waals surface area contributed by atoms with Crippen molar-refractivity contribution >= 4 is 11.9 Å². The second kappa shape index (κ2) is 11.2. The van der Waals surface area contributed by atoms with Gasteiger partial charge in [0.15, 0.2) is 0 Å². The summed E-state index contributed by atoms with van der Waals surface area (Å²) >= 11 is 0. The molecule has 1 aromatic carbocycles. The molecule has 1 atom stereocenters. The van der Waals surface area contributed by atoms with Crippen molar-refractivity contribution in [3.8, 4) is 11.9 Å². The van der Waals surface area contributed by atoms with Gasteiger partial charge in [-0.05, 0) is 49.4 Å². The van der Waals surface area contributed by atoms with E-state index in [1.54, 1.807) is 30.5 Å². The number of alkyl halides is 3. The molecule has 1 amide bonds. The van der Waals surface area contributed by atoms with Gasteiger partial charge in [0.1, 0.15) is 5.60 Å². The van der Waals surface area contributed by atoms with Gasteiger partial charge in [0.05, 0.1) is 31.3 Å². The fourth-order valence-corrected chi connectivity index (χ4v) is 4.06. The Labute approximate surface area is 199 Å². The highest BCUT2D eigenvalue weighted by Gasteiger charge is 2.49. The first kappa shape index (κ1) is 26.0. The Balaban J connectivity index is 0.000000429. The third-order valence-corrected chi connectivity index (χ3v) is 5.74. The Bertz CT molecular complexity index is 1070. The van der Waals surface area contributed by atoms with Crippen LogP contribution in [0.3, 0.4) is 0 Å². The van der Waals surface area contributed by atoms with Gasteiger partial charge in [0.25, 0.3) is 5.91 Å². The molecular formula is C24H24F3N3O5. The molecule has 0 bridgehead atoms. The number of ether oxygens (including phenoxy) is 2. The minimum Gasteiger partial charge on any atom is -0.478 e. The van der Waals surface area contributed by atoms with Crippen LogP contribution in [0, 0.1) is 17.2 Å². The van der Waals surface area contributed by atoms with E-state index in [2.05, 4.69) is 11.1 Å². The summed E-state index contributed by atoms with van der Waals surface area (Å²) in [6, 6.07) is 14.6. The van der Waals surface area contributed by atoms with E-state index in [0.717, 1.165) is 25.9 Å². The van der Waals surface area contributed by atoms with Crippen LogP contribution in [0.5, 0.6) is 5.88 Å². The summed E-state index contributed by atoms with van der Waals surface area (Å²) < 4.78 is 43.5. The number of hydrogen-bond donors (Lipinski definition) is 1. The number of rotatable bonds is 5. The molecule has 2 aliphatic rings. The monoisotopic (exact) mass is 491 g/mol. The van der Waals surface area contributed by atoms with Crippen LogP contribution in [0.15, 0.2) is 48.7 Å². The van der Waals surface area contributed by atoms with E-state index in [0.29, 0.717) is 42.6 Å². The highest BCUT2D eigenvalue weighted by molar-refractivity contribution is 5.95. The van der Waals surface area contributed by atoms with Gasteiger partial charge >= 0.3 is 12.1 Å². The van der Waals surface area contributed by atoms with Crippen LogP contribution in [-0.2, 0) is 9.53 Å². The fourth-order valence-electron chi connectivity index (χ4n) is 4.06. The van der Waals surface area contributed by atoms with Crippen molar-refractivity contribution in [1.82, 2.24) is 9.88 Å². The third kappa shape index (κ3) is 7.16. The van der Waals surface area contributed by atoms with Gasteiger partial charge in [-0.15, -0.1) is 0 Å². The normalized spacial score (nSPS) is 18.5. The molecule has 2 saturated heterocycles. The number of nitriles is 1. The first-order valence-electron chi connectivity index (χ1n) is 10.9. The number of hydrogen-bond acceptors (Lipinski definition) is 6. The molecule has 186 valence electrons. The van der Waals surface area contributed by atoms with E-state index < -0.39 is 12.1 Å². The van der Waals surface area contributed by atoms with Crippen molar-refractivity contribution in [1.29, 1.82) is 5.26 Å². The maximum Gasteiger partial charge on any atom is 0.490 e. The Morgan fingerprint density at radius 1 is 1.26 bits per heavy atom. The lowest BCUT2D eigenvalue weighted by Crippen LogP contribution is -2.66. The lowest BCUT2D eigenvalue weighted by atomic mass is 9.79. The van der Waals surface area contributed by atoms with E-state index in [1.807, 2.05) is 23.1 Å². The molecule has 1 N–H and O–H groups in total. The average Bonchev–Trinajstić information content (AvgIpc) is 2.83. The Kier molecular flexibility index (Phi) is 8.30. The molecule has 35 heavy (non-hydrogen) atoms. The van der Waals surface area contributed by atoms with E-state index in [1.165, 1.54) is 0 Å². The average molecular weight is 491 g/mol. The lowest BCUT2D eigenvalue weighted by Gasteiger charge is -2.53. The molecule has 11 heteroatoms. The van der Waals surface area contributed by atoms with Gasteiger partial charge in [-0.3, -0.25) is 4.79 Å². The summed E-state index contributed by atoms with van der Waals surface area (Å²) in [6.45, 7) is 2.59. The predicted octanol–water partition coefficient (Wildman–Crippen LogP) is 3.68. The molecule has 4 rings (SSSR count). The summed E-state index contributed by atoms with van der Waals surface area (Å²) in [5, 5.41) is 16.1. The van der Waals surface area contributed by atoms with Crippen molar-refractivity contribution in [2.45, 2.75) is 31.0 Å². The Hall–Kier alpha value is -3.65. The van der Waals surface area contributed by atoms with E-state index in [4.69, 9.17) is 24.6 Å². The summed E-state index contributed by atoms with van der Waals surface area (Å²) in [5.74, 6) is -1.61. The van der Waals surface area contributed by atoms with E-state index in [-0.39, 0.29) is 11.5 Å². The largest absolute Gasteiger partial charge is 0.490 e. The molecule has 3 heterocycles. The van der Waals surface area contributed by atoms with Crippen molar-refractivity contribution in [2.75, 3.05) is 26.3 Å². The lowest BCUT2D eigenvalue weighted by molar-refractivity contribution is -0.192. The summed E-state index contributed by atoms with van der Waals surface area (Å²) in [6.07, 6.45) is -0.434. The highest BCUT2D eigenvalue weighted by atomic mass is 19.4. The molecule has 1 spiro atoms. The predicted molar refractivity (Wildman–Crippen MR) is 117 cm³/mol. The second-order valence-corrected chi connectivity index (χ2v) is 8.35. The van der Waals surface area contributed by atoms with Crippen LogP contribution in [0.2, 0.25) is 0 Å². The minimum absolute atomic E-state index is 0.0352. The molecule has 2 fully saturated rings. The number of carboxylic acid groups (broad SMARTS) is 1. The number of carboxylic acids is 1. The van der Waals surface area contributed by atoms with Gasteiger partial charge in [-0.25, -0.2) is 9.78 Å². The zero-order chi connectivity index (χ0) is 25.5. The second-order valence-electron chi connectivity index (χ2n) is 8.35. The number of likely N-dealkylation sites (tertiary alicyclic amines) is 1. The number of benzene rings is 1. The number of pyridine rings is 1. The standard InChI is InChI=1S/C22H23N3O3.C2HF3O2/c23-14-18-4-3-5-19(12-18)21(26)25-15-22(16-25)13-17(8-11-28-22)7-10-27-20-6-1-2-9-24-20;3-2(4,5)1(6)7/h1-6,9,12,17H,7-8,10-11,13,15-16H2;(H,6,7). The molecule has 2 aromatic rings. The first-order valence-corrected chi connectivity index (χ1v) is 10.9. The third-order valence-electron chi connectivity index (χ3n) is 5.74. The van der Waals surface area contributed by atoms with Crippen molar-refractivity contribution < 1.29 is 37.3 Å². The van der Waals surface area contributed by atoms with Crippen LogP contribution < -0.4 is 4.74 Å². The molecule has 2 aliphatic heterocycles. The quantitative estimate of drug-likeness (QED) is 0.679. The number of amides is 1. The van der Waals surface area contributed by atoms with Crippen molar-refractivity contribution in [2.24, 2.45) is 5.92 Å². The van der Waals surface area contributed by atoms with E-state index in [9.17, 15) is 18.0 Å². The maximum atomic E-state index is 12.7. The summed E-state index contributed by atoms with van der Waals surface area (Å²) in [5.41, 5.74) is 0.837. The van der Waals surface area contributed by atoms with Gasteiger partial charge in [0.2, 0.25) is 5.88 Å². The zero-order valence-electron chi connectivity index (χ0n) is 18.7. The molecule has 8 nitrogen and oxygen atoms in total. The van der Waals surface area contributed by atoms with Crippen LogP contribution in [0.25, 0.3) is 0 Å². The number of carbonyl (C=O) groups is 2. The van der Waals surface area contributed by atoms with Crippen LogP contribution in [0.1, 0.15) is 35.2 Å². The number of aromatic nitrogens is 1. The number of nitrogens with zero attached hydrogens (tertiary/aromatic N) is 3. The summed E-state index contributed by atoms with van der Waals surface area (Å²) in [4.78, 5) is 27.5. The fraction of sp³-hybridized carbons (Fsp3) is 0.417. The van der Waals surface area contributed by atoms with Crippen LogP contribution in [0.4, 0.5) is 13.2 Å². The summed E-state index contributed by atoms with van der Waals surface area (Å²) in [7, 11) is 0. The number of halogens is 3. The zero-order valence-corrected chi connectivity index (χ0v) is 18.7. The van der Waals surface area contributed by atoms with Gasteiger partial charge in [-0.2, -0.15) is 18.4 Å². The molecular weight excluding hydrogens is 467 g/mol. The highest BCUT2D eigenvalue weighted by Crippen LogP contribution is 2.38. The Morgan fingerprint density at radius 3 is 2.63 bits per heavy atom. The molecule has 0 saturated carbocycles. The molecule has 0 radical (unpaired) electrons. The minimum atomic E-state index is -5.08. The van der Waals surface area contributed by atoms with Crippen LogP contribution >= 0.6 is 0 Å². The number of aliphatic carboxylic acids is 1. The van der Waals surface area contributed by atoms with Gasteiger partial charge in [-0.1, -0.05) is 12.1 Å². The maximum absolute atomic E-state index is 12.7. The SMILES string of the molecule is N#Cc1cccc(C(=O)N2CC3(CC(CCOc4ccccn4)CCO3)C2)c1.O=C(O)C(F)(F)F. The first-order chi connectivity index (χ1) is 16.6. The Morgan fingerprint density at radius 2 is 2.00 bits per heavy atom. The molecule has 0 aliphatic carbocycles. The van der Waals surface area contributed by atoms with Crippen LogP contribution in [-0.4, -0.2) is 64.9 Å². The topological polar surface area (TPSA) is 113 Å². The van der Waals surface area contributed by atoms with Crippen molar-refractivity contribution in [3.63, 3.8) is 0 Å². The number of carbonyl (C=O) groups excluding carboxylic acids is 1. The molecule has 1 aromatic heterocycles. The molecule has 1 unspecified atom stereocenters. The van der Waals surface area contributed by atoms with Gasteiger partial charge < -0.3 is 19.5 Å². The van der Waals surface area contributed by atoms with Crippen molar-refractivity contribution in [3.05, 3.63) is 59.8 Å². The van der Waals surface area contributed by atoms with Gasteiger partial charge in [0, 0.05) is 24.4 Å². The smallest absolute Gasteiger partial charge is 0.478 e.